The van der Waals surface area contributed by atoms with Crippen LogP contribution in [0.15, 0.2) is 23.8 Å². The van der Waals surface area contributed by atoms with Gasteiger partial charge in [-0.3, -0.25) is 0 Å². The van der Waals surface area contributed by atoms with Gasteiger partial charge in [0.1, 0.15) is 0 Å². The first-order chi connectivity index (χ1) is 8.81. The summed E-state index contributed by atoms with van der Waals surface area (Å²) >= 11 is 1.72. The summed E-state index contributed by atoms with van der Waals surface area (Å²) in [7, 11) is 1.65. The second-order valence-electron chi connectivity index (χ2n) is 3.96. The Kier molecular flexibility index (Phi) is 4.66. The Hall–Kier alpha value is -1.46. The van der Waals surface area contributed by atoms with Crippen LogP contribution in [-0.4, -0.2) is 23.6 Å². The van der Waals surface area contributed by atoms with Gasteiger partial charge in [-0.15, -0.1) is 11.3 Å². The number of pyridine rings is 1. The Morgan fingerprint density at radius 1 is 1.39 bits per heavy atom. The van der Waals surface area contributed by atoms with Gasteiger partial charge in [0.2, 0.25) is 5.88 Å². The van der Waals surface area contributed by atoms with Crippen LogP contribution in [0.25, 0.3) is 0 Å². The fourth-order valence-corrected chi connectivity index (χ4v) is 2.51. The lowest BCUT2D eigenvalue weighted by Crippen LogP contribution is -2.17. The summed E-state index contributed by atoms with van der Waals surface area (Å²) in [5.41, 5.74) is 4.12. The molecule has 0 atom stereocenters. The van der Waals surface area contributed by atoms with E-state index in [1.165, 1.54) is 4.88 Å². The molecule has 5 heteroatoms. The van der Waals surface area contributed by atoms with Crippen LogP contribution in [0.3, 0.4) is 0 Å². The number of nitrogens with one attached hydrogen (secondary N) is 1. The molecule has 0 saturated carbocycles. The zero-order valence-electron chi connectivity index (χ0n) is 10.6. The van der Waals surface area contributed by atoms with E-state index in [-0.39, 0.29) is 0 Å². The van der Waals surface area contributed by atoms with Gasteiger partial charge in [-0.2, -0.15) is 0 Å². The van der Waals surface area contributed by atoms with E-state index in [2.05, 4.69) is 22.2 Å². The normalized spacial score (nSPS) is 10.6. The Labute approximate surface area is 111 Å². The first kappa shape index (κ1) is 13.0. The van der Waals surface area contributed by atoms with Gasteiger partial charge in [0.15, 0.2) is 0 Å². The van der Waals surface area contributed by atoms with Crippen molar-refractivity contribution >= 4 is 11.3 Å². The average molecular weight is 263 g/mol. The minimum absolute atomic E-state index is 0.693. The summed E-state index contributed by atoms with van der Waals surface area (Å²) in [6.45, 7) is 3.76. The molecule has 96 valence electrons. The molecule has 18 heavy (non-hydrogen) atoms. The summed E-state index contributed by atoms with van der Waals surface area (Å²) in [6, 6.07) is 3.95. The molecule has 0 bridgehead atoms. The van der Waals surface area contributed by atoms with E-state index in [0.717, 1.165) is 30.8 Å². The van der Waals surface area contributed by atoms with Gasteiger partial charge >= 0.3 is 0 Å². The maximum absolute atomic E-state index is 5.21. The highest BCUT2D eigenvalue weighted by atomic mass is 32.1. The fraction of sp³-hybridized carbons (Fsp3) is 0.385. The van der Waals surface area contributed by atoms with Crippen LogP contribution >= 0.6 is 11.3 Å². The smallest absolute Gasteiger partial charge is 0.217 e. The third kappa shape index (κ3) is 3.27. The van der Waals surface area contributed by atoms with Gasteiger partial charge in [0.05, 0.1) is 18.3 Å². The lowest BCUT2D eigenvalue weighted by molar-refractivity contribution is 0.390. The molecular formula is C13H17N3OS. The highest BCUT2D eigenvalue weighted by Gasteiger charge is 2.03. The zero-order valence-corrected chi connectivity index (χ0v) is 11.5. The first-order valence-electron chi connectivity index (χ1n) is 5.89. The zero-order chi connectivity index (χ0) is 12.8. The van der Waals surface area contributed by atoms with E-state index in [9.17, 15) is 0 Å². The Bertz CT molecular complexity index is 498. The molecule has 1 N–H and O–H groups in total. The molecule has 2 aromatic rings. The Morgan fingerprint density at radius 3 is 3.00 bits per heavy atom. The number of ether oxygens (including phenoxy) is 1. The molecule has 0 saturated heterocycles. The van der Waals surface area contributed by atoms with Crippen LogP contribution in [0.1, 0.15) is 16.1 Å². The van der Waals surface area contributed by atoms with Crippen molar-refractivity contribution in [2.45, 2.75) is 19.9 Å². The van der Waals surface area contributed by atoms with Gasteiger partial charge in [-0.25, -0.2) is 9.97 Å². The summed E-state index contributed by atoms with van der Waals surface area (Å²) in [6.07, 6.45) is 2.75. The highest BCUT2D eigenvalue weighted by Crippen LogP contribution is 2.14. The van der Waals surface area contributed by atoms with Crippen molar-refractivity contribution in [2.24, 2.45) is 0 Å². The Balaban J connectivity index is 1.80. The molecule has 0 aliphatic rings. The number of nitrogens with zero attached hydrogens (tertiary/aromatic N) is 2. The second-order valence-corrected chi connectivity index (χ2v) is 4.90. The van der Waals surface area contributed by atoms with E-state index in [4.69, 9.17) is 4.74 Å². The standard InChI is InChI=1S/C13H17N3OS/c1-10-12(18-9-16-10)5-7-14-8-11-4-3-6-15-13(11)17-2/h3-4,6,9,14H,5,7-8H2,1-2H3. The van der Waals surface area contributed by atoms with Crippen LogP contribution in [0.4, 0.5) is 0 Å². The number of hydrogen-bond acceptors (Lipinski definition) is 5. The summed E-state index contributed by atoms with van der Waals surface area (Å²) in [4.78, 5) is 9.76. The number of hydrogen-bond donors (Lipinski definition) is 1. The highest BCUT2D eigenvalue weighted by molar-refractivity contribution is 7.09. The SMILES string of the molecule is COc1ncccc1CNCCc1scnc1C. The third-order valence-electron chi connectivity index (χ3n) is 2.73. The second kappa shape index (κ2) is 6.47. The lowest BCUT2D eigenvalue weighted by Gasteiger charge is -2.07. The van der Waals surface area contributed by atoms with Crippen LogP contribution in [0.2, 0.25) is 0 Å². The maximum Gasteiger partial charge on any atom is 0.217 e. The van der Waals surface area contributed by atoms with Crippen molar-refractivity contribution in [1.82, 2.24) is 15.3 Å². The van der Waals surface area contributed by atoms with Gasteiger partial charge in [-0.1, -0.05) is 6.07 Å². The average Bonchev–Trinajstić information content (AvgIpc) is 2.81. The van der Waals surface area contributed by atoms with Crippen molar-refractivity contribution in [3.63, 3.8) is 0 Å². The van der Waals surface area contributed by atoms with Crippen molar-refractivity contribution in [1.29, 1.82) is 0 Å². The molecule has 2 aromatic heterocycles. The van der Waals surface area contributed by atoms with E-state index in [1.807, 2.05) is 17.6 Å². The Morgan fingerprint density at radius 2 is 2.28 bits per heavy atom. The number of rotatable bonds is 6. The topological polar surface area (TPSA) is 47.0 Å². The van der Waals surface area contributed by atoms with Crippen molar-refractivity contribution in [2.75, 3.05) is 13.7 Å². The van der Waals surface area contributed by atoms with Crippen molar-refractivity contribution in [3.8, 4) is 5.88 Å². The number of methoxy groups -OCH3 is 1. The molecule has 0 unspecified atom stereocenters. The monoisotopic (exact) mass is 263 g/mol. The van der Waals surface area contributed by atoms with Gasteiger partial charge in [0, 0.05) is 29.7 Å². The predicted octanol–water partition coefficient (Wildman–Crippen LogP) is 2.19. The molecule has 4 nitrogen and oxygen atoms in total. The quantitative estimate of drug-likeness (QED) is 0.812. The molecule has 2 rings (SSSR count). The van der Waals surface area contributed by atoms with E-state index in [1.54, 1.807) is 24.6 Å². The summed E-state index contributed by atoms with van der Waals surface area (Å²) in [5.74, 6) is 0.693. The fourth-order valence-electron chi connectivity index (χ4n) is 1.73. The van der Waals surface area contributed by atoms with Crippen LogP contribution in [-0.2, 0) is 13.0 Å². The minimum Gasteiger partial charge on any atom is -0.481 e. The maximum atomic E-state index is 5.21. The van der Waals surface area contributed by atoms with E-state index >= 15 is 0 Å². The van der Waals surface area contributed by atoms with Gasteiger partial charge in [0.25, 0.3) is 0 Å². The first-order valence-corrected chi connectivity index (χ1v) is 6.77. The number of aryl methyl sites for hydroxylation is 1. The van der Waals surface area contributed by atoms with Crippen LogP contribution in [0.5, 0.6) is 5.88 Å². The molecule has 2 heterocycles. The largest absolute Gasteiger partial charge is 0.481 e. The number of aromatic nitrogens is 2. The van der Waals surface area contributed by atoms with Crippen LogP contribution in [0, 0.1) is 6.92 Å². The minimum atomic E-state index is 0.693. The molecule has 0 amide bonds. The summed E-state index contributed by atoms with van der Waals surface area (Å²) < 4.78 is 5.21. The molecule has 0 fully saturated rings. The van der Waals surface area contributed by atoms with Crippen molar-refractivity contribution < 1.29 is 4.74 Å². The predicted molar refractivity (Wildman–Crippen MR) is 73.1 cm³/mol. The molecule has 0 aliphatic carbocycles. The van der Waals surface area contributed by atoms with Crippen LogP contribution < -0.4 is 10.1 Å². The lowest BCUT2D eigenvalue weighted by atomic mass is 10.2. The number of thiazole rings is 1. The van der Waals surface area contributed by atoms with Gasteiger partial charge in [-0.05, 0) is 19.4 Å². The molecule has 0 aromatic carbocycles. The van der Waals surface area contributed by atoms with E-state index in [0.29, 0.717) is 5.88 Å². The summed E-state index contributed by atoms with van der Waals surface area (Å²) in [5, 5.41) is 3.40. The molecular weight excluding hydrogens is 246 g/mol. The van der Waals surface area contributed by atoms with Gasteiger partial charge < -0.3 is 10.1 Å². The molecule has 0 radical (unpaired) electrons. The molecule has 0 spiro atoms. The van der Waals surface area contributed by atoms with E-state index < -0.39 is 0 Å². The third-order valence-corrected chi connectivity index (χ3v) is 3.73. The molecule has 0 aliphatic heterocycles. The van der Waals surface area contributed by atoms with Crippen molar-refractivity contribution in [3.05, 3.63) is 40.0 Å².